The van der Waals surface area contributed by atoms with Crippen LogP contribution in [0, 0.1) is 0 Å². The minimum absolute atomic E-state index is 0.0358. The molecule has 0 saturated carbocycles. The van der Waals surface area contributed by atoms with E-state index >= 15 is 0 Å². The van der Waals surface area contributed by atoms with E-state index < -0.39 is 5.72 Å². The lowest BCUT2D eigenvalue weighted by Gasteiger charge is -2.32. The van der Waals surface area contributed by atoms with Gasteiger partial charge in [-0.1, -0.05) is 30.3 Å². The summed E-state index contributed by atoms with van der Waals surface area (Å²) < 4.78 is 5.69. The molecule has 1 aromatic rings. The minimum atomic E-state index is -0.508. The predicted molar refractivity (Wildman–Crippen MR) is 61.7 cm³/mol. The molecule has 2 rings (SSSR count). The average molecular weight is 219 g/mol. The molecule has 0 N–H and O–H groups in total. The monoisotopic (exact) mass is 219 g/mol. The molecule has 3 nitrogen and oxygen atoms in total. The Morgan fingerprint density at radius 2 is 2.00 bits per heavy atom. The van der Waals surface area contributed by atoms with Crippen molar-refractivity contribution in [3.8, 4) is 0 Å². The quantitative estimate of drug-likeness (QED) is 0.725. The van der Waals surface area contributed by atoms with Crippen molar-refractivity contribution in [2.75, 3.05) is 6.61 Å². The van der Waals surface area contributed by atoms with Crippen LogP contribution in [0.1, 0.15) is 32.4 Å². The van der Waals surface area contributed by atoms with Crippen LogP contribution in [0.2, 0.25) is 0 Å². The summed E-state index contributed by atoms with van der Waals surface area (Å²) in [5.74, 6) is 0.0522. The summed E-state index contributed by atoms with van der Waals surface area (Å²) in [5.41, 5.74) is 0.620. The van der Waals surface area contributed by atoms with Crippen LogP contribution in [0.25, 0.3) is 0 Å². The van der Waals surface area contributed by atoms with Gasteiger partial charge in [0.15, 0.2) is 0 Å². The molecule has 3 heteroatoms. The lowest BCUT2D eigenvalue weighted by molar-refractivity contribution is -0.143. The van der Waals surface area contributed by atoms with Crippen molar-refractivity contribution in [2.45, 2.75) is 32.5 Å². The topological polar surface area (TPSA) is 29.5 Å². The van der Waals surface area contributed by atoms with Crippen LogP contribution in [0.3, 0.4) is 0 Å². The van der Waals surface area contributed by atoms with E-state index in [4.69, 9.17) is 4.74 Å². The fourth-order valence-corrected chi connectivity index (χ4v) is 2.32. The maximum atomic E-state index is 11.7. The van der Waals surface area contributed by atoms with Crippen LogP contribution in [0.4, 0.5) is 0 Å². The fraction of sp³-hybridized carbons (Fsp3) is 0.462. The maximum absolute atomic E-state index is 11.7. The third-order valence-electron chi connectivity index (χ3n) is 3.01. The molecule has 16 heavy (non-hydrogen) atoms. The van der Waals surface area contributed by atoms with Gasteiger partial charge in [0, 0.05) is 6.92 Å². The molecule has 86 valence electrons. The Hall–Kier alpha value is -1.35. The lowest BCUT2D eigenvalue weighted by Crippen LogP contribution is -2.43. The van der Waals surface area contributed by atoms with E-state index in [2.05, 4.69) is 0 Å². The number of amides is 1. The van der Waals surface area contributed by atoms with Gasteiger partial charge in [-0.25, -0.2) is 0 Å². The van der Waals surface area contributed by atoms with Crippen molar-refractivity contribution in [1.82, 2.24) is 4.90 Å². The predicted octanol–water partition coefficient (Wildman–Crippen LogP) is 2.34. The molecule has 1 aromatic carbocycles. The summed E-state index contributed by atoms with van der Waals surface area (Å²) in [6.45, 7) is 6.01. The average Bonchev–Trinajstić information content (AvgIpc) is 2.55. The van der Waals surface area contributed by atoms with Crippen molar-refractivity contribution < 1.29 is 9.53 Å². The molecule has 1 fully saturated rings. The number of nitrogens with zero attached hydrogens (tertiary/aromatic N) is 1. The number of hydrogen-bond acceptors (Lipinski definition) is 2. The minimum Gasteiger partial charge on any atom is -0.354 e. The van der Waals surface area contributed by atoms with E-state index in [1.54, 1.807) is 6.92 Å². The number of benzene rings is 1. The first-order valence-electron chi connectivity index (χ1n) is 5.51. The summed E-state index contributed by atoms with van der Waals surface area (Å²) >= 11 is 0. The van der Waals surface area contributed by atoms with Gasteiger partial charge in [0.2, 0.25) is 5.91 Å². The molecule has 1 atom stereocenters. The van der Waals surface area contributed by atoms with Crippen molar-refractivity contribution in [2.24, 2.45) is 0 Å². The number of ether oxygens (including phenoxy) is 1. The standard InChI is InChI=1S/C13H17NO2/c1-10(15)14-12(9-16-13(14,2)3)11-7-5-4-6-8-11/h4-8,12H,9H2,1-3H3/t12-/m1/s1. The van der Waals surface area contributed by atoms with E-state index in [0.29, 0.717) is 6.61 Å². The van der Waals surface area contributed by atoms with Gasteiger partial charge in [-0.3, -0.25) is 4.79 Å². The summed E-state index contributed by atoms with van der Waals surface area (Å²) in [4.78, 5) is 13.5. The second-order valence-electron chi connectivity index (χ2n) is 4.57. The Balaban J connectivity index is 2.33. The van der Waals surface area contributed by atoms with E-state index in [9.17, 15) is 4.79 Å². The van der Waals surface area contributed by atoms with Crippen molar-refractivity contribution in [3.05, 3.63) is 35.9 Å². The normalized spacial score (nSPS) is 23.4. The van der Waals surface area contributed by atoms with Gasteiger partial charge in [-0.15, -0.1) is 0 Å². The second kappa shape index (κ2) is 3.91. The highest BCUT2D eigenvalue weighted by Crippen LogP contribution is 2.36. The Kier molecular flexibility index (Phi) is 2.72. The van der Waals surface area contributed by atoms with E-state index in [1.165, 1.54) is 0 Å². The number of hydrogen-bond donors (Lipinski definition) is 0. The van der Waals surface area contributed by atoms with Crippen LogP contribution >= 0.6 is 0 Å². The fourth-order valence-electron chi connectivity index (χ4n) is 2.32. The summed E-state index contributed by atoms with van der Waals surface area (Å²) in [7, 11) is 0. The third kappa shape index (κ3) is 1.83. The zero-order valence-electron chi connectivity index (χ0n) is 9.93. The van der Waals surface area contributed by atoms with Crippen LogP contribution in [0.15, 0.2) is 30.3 Å². The highest BCUT2D eigenvalue weighted by molar-refractivity contribution is 5.74. The van der Waals surface area contributed by atoms with Gasteiger partial charge in [-0.2, -0.15) is 0 Å². The summed E-state index contributed by atoms with van der Waals surface area (Å²) in [6, 6.07) is 10.0. The van der Waals surface area contributed by atoms with Gasteiger partial charge in [-0.05, 0) is 19.4 Å². The molecule has 1 heterocycles. The third-order valence-corrected chi connectivity index (χ3v) is 3.01. The number of carbonyl (C=O) groups excluding carboxylic acids is 1. The second-order valence-corrected chi connectivity index (χ2v) is 4.57. The molecule has 1 amide bonds. The highest BCUT2D eigenvalue weighted by Gasteiger charge is 2.42. The molecule has 0 spiro atoms. The molecule has 0 radical (unpaired) electrons. The Bertz CT molecular complexity index is 386. The Morgan fingerprint density at radius 1 is 1.38 bits per heavy atom. The van der Waals surface area contributed by atoms with Crippen molar-refractivity contribution >= 4 is 5.91 Å². The summed E-state index contributed by atoms with van der Waals surface area (Å²) in [6.07, 6.45) is 0. The Morgan fingerprint density at radius 3 is 2.56 bits per heavy atom. The first-order chi connectivity index (χ1) is 7.52. The highest BCUT2D eigenvalue weighted by atomic mass is 16.5. The van der Waals surface area contributed by atoms with Crippen LogP contribution < -0.4 is 0 Å². The molecule has 1 aliphatic heterocycles. The SMILES string of the molecule is CC(=O)N1[C@@H](c2ccccc2)COC1(C)C. The van der Waals surface area contributed by atoms with Crippen molar-refractivity contribution in [1.29, 1.82) is 0 Å². The Labute approximate surface area is 96.0 Å². The maximum Gasteiger partial charge on any atom is 0.222 e. The van der Waals surface area contributed by atoms with Crippen LogP contribution in [-0.4, -0.2) is 23.1 Å². The lowest BCUT2D eigenvalue weighted by atomic mass is 10.1. The van der Waals surface area contributed by atoms with Crippen molar-refractivity contribution in [3.63, 3.8) is 0 Å². The first-order valence-corrected chi connectivity index (χ1v) is 5.51. The van der Waals surface area contributed by atoms with Gasteiger partial charge in [0.1, 0.15) is 5.72 Å². The van der Waals surface area contributed by atoms with E-state index in [1.807, 2.05) is 49.1 Å². The molecule has 0 bridgehead atoms. The molecular weight excluding hydrogens is 202 g/mol. The zero-order chi connectivity index (χ0) is 11.8. The van der Waals surface area contributed by atoms with Crippen LogP contribution in [0.5, 0.6) is 0 Å². The number of carbonyl (C=O) groups is 1. The largest absolute Gasteiger partial charge is 0.354 e. The van der Waals surface area contributed by atoms with Gasteiger partial charge in [0.25, 0.3) is 0 Å². The van der Waals surface area contributed by atoms with Gasteiger partial charge >= 0.3 is 0 Å². The molecule has 0 unspecified atom stereocenters. The number of rotatable bonds is 1. The van der Waals surface area contributed by atoms with E-state index in [0.717, 1.165) is 5.56 Å². The van der Waals surface area contributed by atoms with Gasteiger partial charge < -0.3 is 9.64 Å². The summed E-state index contributed by atoms with van der Waals surface area (Å²) in [5, 5.41) is 0. The zero-order valence-corrected chi connectivity index (χ0v) is 9.93. The van der Waals surface area contributed by atoms with E-state index in [-0.39, 0.29) is 11.9 Å². The molecule has 0 aliphatic carbocycles. The molecule has 1 saturated heterocycles. The first kappa shape index (κ1) is 11.1. The smallest absolute Gasteiger partial charge is 0.222 e. The molecular formula is C13H17NO2. The molecule has 0 aromatic heterocycles. The van der Waals surface area contributed by atoms with Gasteiger partial charge in [0.05, 0.1) is 12.6 Å². The molecule has 1 aliphatic rings. The van der Waals surface area contributed by atoms with Crippen LogP contribution in [-0.2, 0) is 9.53 Å².